The number of nitrogens with zero attached hydrogens (tertiary/aromatic N) is 6. The van der Waals surface area contributed by atoms with Crippen LogP contribution < -0.4 is 5.01 Å². The number of fused-ring (bicyclic) bond motifs is 1. The molecule has 0 amide bonds. The molecule has 0 aromatic carbocycles. The smallest absolute Gasteiger partial charge is 0.342 e. The molecule has 0 spiro atoms. The van der Waals surface area contributed by atoms with Gasteiger partial charge < -0.3 is 4.74 Å². The normalized spacial score (nSPS) is 11.9. The van der Waals surface area contributed by atoms with Crippen LogP contribution in [0.5, 0.6) is 0 Å². The van der Waals surface area contributed by atoms with Gasteiger partial charge >= 0.3 is 5.97 Å². The molecule has 0 radical (unpaired) electrons. The van der Waals surface area contributed by atoms with Gasteiger partial charge in [0, 0.05) is 6.07 Å². The minimum absolute atomic E-state index is 0.00606. The molecule has 10 nitrogen and oxygen atoms in total. The molecule has 2 aromatic heterocycles. The molecule has 102 valence electrons. The van der Waals surface area contributed by atoms with Gasteiger partial charge in [-0.1, -0.05) is 0 Å². The number of rotatable bonds is 4. The fraction of sp³-hybridized carbons (Fsp3) is 0.200. The quantitative estimate of drug-likeness (QED) is 0.295. The third-order valence-electron chi connectivity index (χ3n) is 2.64. The lowest BCUT2D eigenvalue weighted by Gasteiger charge is -2.07. The van der Waals surface area contributed by atoms with E-state index in [-0.39, 0.29) is 23.7 Å². The largest absolute Gasteiger partial charge is 0.462 e. The first-order valence-corrected chi connectivity index (χ1v) is 5.66. The van der Waals surface area contributed by atoms with Gasteiger partial charge in [0.15, 0.2) is 11.6 Å². The molecular weight excluding hydrogens is 268 g/mol. The maximum absolute atomic E-state index is 11.9. The zero-order chi connectivity index (χ0) is 14.3. The minimum Gasteiger partial charge on any atom is -0.462 e. The van der Waals surface area contributed by atoms with Crippen LogP contribution in [0.25, 0.3) is 0 Å². The third kappa shape index (κ3) is 1.74. The first-order chi connectivity index (χ1) is 9.63. The van der Waals surface area contributed by atoms with E-state index < -0.39 is 10.9 Å². The lowest BCUT2D eigenvalue weighted by Crippen LogP contribution is -2.13. The van der Waals surface area contributed by atoms with Crippen LogP contribution in [0.4, 0.5) is 17.3 Å². The van der Waals surface area contributed by atoms with Crippen LogP contribution in [0.1, 0.15) is 17.3 Å². The Balaban J connectivity index is 2.02. The predicted octanol–water partition coefficient (Wildman–Crippen LogP) is 0.673. The number of pyridine rings is 1. The van der Waals surface area contributed by atoms with E-state index in [9.17, 15) is 14.9 Å². The van der Waals surface area contributed by atoms with Gasteiger partial charge in [-0.15, -0.1) is 9.89 Å². The molecule has 0 atom stereocenters. The van der Waals surface area contributed by atoms with Gasteiger partial charge in [-0.3, -0.25) is 10.1 Å². The second-order valence-corrected chi connectivity index (χ2v) is 3.84. The van der Waals surface area contributed by atoms with Crippen molar-refractivity contribution in [2.45, 2.75) is 6.92 Å². The first kappa shape index (κ1) is 12.0. The van der Waals surface area contributed by atoms with E-state index in [0.717, 1.165) is 12.3 Å². The van der Waals surface area contributed by atoms with Crippen molar-refractivity contribution in [1.29, 1.82) is 0 Å². The highest BCUT2D eigenvalue weighted by Gasteiger charge is 2.37. The summed E-state index contributed by atoms with van der Waals surface area (Å²) in [6.07, 6.45) is 2.56. The molecule has 3 rings (SSSR count). The Bertz CT molecular complexity index is 693. The van der Waals surface area contributed by atoms with Crippen molar-refractivity contribution in [3.8, 4) is 0 Å². The van der Waals surface area contributed by atoms with Crippen molar-refractivity contribution in [3.63, 3.8) is 0 Å². The van der Waals surface area contributed by atoms with Crippen LogP contribution in [0, 0.1) is 10.1 Å². The molecule has 1 aliphatic heterocycles. The Kier molecular flexibility index (Phi) is 2.56. The van der Waals surface area contributed by atoms with Gasteiger partial charge in [0.1, 0.15) is 11.8 Å². The van der Waals surface area contributed by atoms with Crippen molar-refractivity contribution in [3.05, 3.63) is 34.1 Å². The highest BCUT2D eigenvalue weighted by atomic mass is 16.6. The fourth-order valence-electron chi connectivity index (χ4n) is 1.74. The van der Waals surface area contributed by atoms with Gasteiger partial charge in [-0.2, -0.15) is 5.01 Å². The topological polar surface area (TPSA) is 116 Å². The molecule has 2 aromatic rings. The van der Waals surface area contributed by atoms with Crippen molar-refractivity contribution in [1.82, 2.24) is 20.1 Å². The summed E-state index contributed by atoms with van der Waals surface area (Å²) in [5.74, 6) is 0.179. The van der Waals surface area contributed by atoms with Crippen LogP contribution in [0.3, 0.4) is 0 Å². The number of ether oxygens (including phenoxy) is 1. The van der Waals surface area contributed by atoms with Gasteiger partial charge in [0.05, 0.1) is 17.7 Å². The number of carbonyl (C=O) groups excluding carboxylic acids is 1. The van der Waals surface area contributed by atoms with Crippen molar-refractivity contribution in [2.75, 3.05) is 11.6 Å². The SMILES string of the molecule is CCOC(=O)c1cc([N+](=O)[O-])cnc1N1c2cnnn21. The lowest BCUT2D eigenvalue weighted by atomic mass is 10.2. The van der Waals surface area contributed by atoms with Crippen LogP contribution >= 0.6 is 0 Å². The average Bonchev–Trinajstić information content (AvgIpc) is 2.90. The maximum atomic E-state index is 11.9. The zero-order valence-electron chi connectivity index (χ0n) is 10.3. The Labute approximate surface area is 111 Å². The molecule has 1 aliphatic rings. The Morgan fingerprint density at radius 3 is 2.90 bits per heavy atom. The molecule has 0 N–H and O–H groups in total. The third-order valence-corrected chi connectivity index (χ3v) is 2.64. The van der Waals surface area contributed by atoms with Crippen molar-refractivity contribution in [2.24, 2.45) is 0 Å². The highest BCUT2D eigenvalue weighted by Crippen LogP contribution is 2.38. The average molecular weight is 276 g/mol. The second kappa shape index (κ2) is 4.26. The molecule has 0 fully saturated rings. The number of nitro groups is 1. The summed E-state index contributed by atoms with van der Waals surface area (Å²) < 4.78 is 4.88. The van der Waals surface area contributed by atoms with E-state index in [1.165, 1.54) is 16.0 Å². The van der Waals surface area contributed by atoms with Crippen LogP contribution in [-0.4, -0.2) is 37.6 Å². The van der Waals surface area contributed by atoms with Gasteiger partial charge in [-0.25, -0.2) is 9.78 Å². The van der Waals surface area contributed by atoms with E-state index in [1.807, 2.05) is 0 Å². The molecule has 0 saturated carbocycles. The second-order valence-electron chi connectivity index (χ2n) is 3.84. The fourth-order valence-corrected chi connectivity index (χ4v) is 1.74. The lowest BCUT2D eigenvalue weighted by molar-refractivity contribution is -0.385. The van der Waals surface area contributed by atoms with E-state index in [0.29, 0.717) is 5.82 Å². The first-order valence-electron chi connectivity index (χ1n) is 5.66. The molecular formula is C10H8N6O4. The summed E-state index contributed by atoms with van der Waals surface area (Å²) in [4.78, 5) is 27.4. The van der Waals surface area contributed by atoms with E-state index >= 15 is 0 Å². The number of hydrogen-bond acceptors (Lipinski definition) is 8. The number of hydrogen-bond donors (Lipinski definition) is 0. The number of carbonyl (C=O) groups is 1. The van der Waals surface area contributed by atoms with Crippen LogP contribution in [0.2, 0.25) is 0 Å². The summed E-state index contributed by atoms with van der Waals surface area (Å²) in [7, 11) is 0. The predicted molar refractivity (Wildman–Crippen MR) is 64.4 cm³/mol. The molecule has 10 heteroatoms. The molecule has 0 saturated heterocycles. The van der Waals surface area contributed by atoms with Gasteiger partial charge in [0.2, 0.25) is 0 Å². The maximum Gasteiger partial charge on any atom is 0.342 e. The van der Waals surface area contributed by atoms with Gasteiger partial charge in [-0.05, 0) is 12.1 Å². The standard InChI is InChI=1S/C10H8N6O4/c1-2-20-10(17)7-3-6(16(18)19)4-11-9(7)14-8-5-12-13-15(8)14/h3-5H,2H2,1H3. The van der Waals surface area contributed by atoms with Crippen LogP contribution in [0.15, 0.2) is 18.5 Å². The molecule has 3 heterocycles. The Morgan fingerprint density at radius 1 is 1.50 bits per heavy atom. The molecule has 0 bridgehead atoms. The van der Waals surface area contributed by atoms with Gasteiger partial charge in [0.25, 0.3) is 5.69 Å². The summed E-state index contributed by atoms with van der Waals surface area (Å²) in [5.41, 5.74) is -0.277. The monoisotopic (exact) mass is 276 g/mol. The molecule has 20 heavy (non-hydrogen) atoms. The summed E-state index contributed by atoms with van der Waals surface area (Å²) >= 11 is 0. The number of esters is 1. The van der Waals surface area contributed by atoms with E-state index in [2.05, 4.69) is 15.3 Å². The van der Waals surface area contributed by atoms with E-state index in [1.54, 1.807) is 6.92 Å². The summed E-state index contributed by atoms with van der Waals surface area (Å²) in [6, 6.07) is 1.13. The van der Waals surface area contributed by atoms with E-state index in [4.69, 9.17) is 4.74 Å². The van der Waals surface area contributed by atoms with Crippen molar-refractivity contribution >= 4 is 23.3 Å². The Morgan fingerprint density at radius 2 is 2.30 bits per heavy atom. The summed E-state index contributed by atoms with van der Waals surface area (Å²) in [5, 5.41) is 19.7. The Hall–Kier alpha value is -3.04. The molecule has 0 aliphatic carbocycles. The number of anilines is 2. The highest BCUT2D eigenvalue weighted by molar-refractivity contribution is 5.97. The minimum atomic E-state index is -0.678. The molecule has 0 unspecified atom stereocenters. The van der Waals surface area contributed by atoms with Crippen molar-refractivity contribution < 1.29 is 14.5 Å². The van der Waals surface area contributed by atoms with Crippen LogP contribution in [-0.2, 0) is 4.74 Å². The number of aromatic nitrogens is 4. The summed E-state index contributed by atoms with van der Waals surface area (Å²) in [6.45, 7) is 1.81. The zero-order valence-corrected chi connectivity index (χ0v) is 10.3.